The van der Waals surface area contributed by atoms with Crippen LogP contribution in [0.1, 0.15) is 30.9 Å². The van der Waals surface area contributed by atoms with E-state index < -0.39 is 0 Å². The van der Waals surface area contributed by atoms with E-state index in [1.54, 1.807) is 19.3 Å². The number of rotatable bonds is 2. The molecule has 74 valence electrons. The molecule has 1 fully saturated rings. The number of nitrogens with zero attached hydrogens (tertiary/aromatic N) is 1. The summed E-state index contributed by atoms with van der Waals surface area (Å²) in [5, 5.41) is 0. The molecule has 0 spiro atoms. The maximum atomic E-state index is 13.6. The van der Waals surface area contributed by atoms with Gasteiger partial charge in [0.1, 0.15) is 5.82 Å². The van der Waals surface area contributed by atoms with E-state index >= 15 is 0 Å². The van der Waals surface area contributed by atoms with E-state index in [1.807, 2.05) is 12.1 Å². The Balaban J connectivity index is 2.36. The van der Waals surface area contributed by atoms with E-state index in [-0.39, 0.29) is 11.2 Å². The minimum Gasteiger partial charge on any atom is -0.296 e. The maximum Gasteiger partial charge on any atom is 0.127 e. The molecule has 0 amide bonds. The molecule has 1 aromatic rings. The van der Waals surface area contributed by atoms with Crippen LogP contribution in [0.15, 0.2) is 23.2 Å². The highest BCUT2D eigenvalue weighted by Gasteiger charge is 2.40. The normalized spacial score (nSPS) is 18.8. The topological polar surface area (TPSA) is 12.4 Å². The zero-order valence-electron chi connectivity index (χ0n) is 8.55. The first-order chi connectivity index (χ1) is 6.65. The lowest BCUT2D eigenvalue weighted by Gasteiger charge is -2.10. The van der Waals surface area contributed by atoms with Crippen molar-refractivity contribution >= 4 is 6.21 Å². The van der Waals surface area contributed by atoms with Gasteiger partial charge in [-0.05, 0) is 35.4 Å². The molecule has 0 radical (unpaired) electrons. The van der Waals surface area contributed by atoms with Gasteiger partial charge in [0.15, 0.2) is 0 Å². The zero-order chi connectivity index (χ0) is 10.2. The third-order valence-corrected chi connectivity index (χ3v) is 2.92. The van der Waals surface area contributed by atoms with Gasteiger partial charge in [0, 0.05) is 13.3 Å². The Hall–Kier alpha value is -1.18. The summed E-state index contributed by atoms with van der Waals surface area (Å²) in [6.45, 7) is 2.11. The van der Waals surface area contributed by atoms with Crippen molar-refractivity contribution in [3.8, 4) is 0 Å². The molecule has 0 aliphatic heterocycles. The summed E-state index contributed by atoms with van der Waals surface area (Å²) in [6.07, 6.45) is 3.87. The SMILES string of the molecule is CN=Cc1ccc(C2(C)CC2)c(F)c1. The van der Waals surface area contributed by atoms with Crippen molar-refractivity contribution in [2.75, 3.05) is 7.05 Å². The van der Waals surface area contributed by atoms with Gasteiger partial charge in [-0.2, -0.15) is 0 Å². The summed E-state index contributed by atoms with van der Waals surface area (Å²) < 4.78 is 13.6. The lowest BCUT2D eigenvalue weighted by molar-refractivity contribution is 0.586. The lowest BCUT2D eigenvalue weighted by Crippen LogP contribution is -2.03. The van der Waals surface area contributed by atoms with E-state index in [4.69, 9.17) is 0 Å². The first-order valence-electron chi connectivity index (χ1n) is 4.88. The molecule has 1 aromatic carbocycles. The van der Waals surface area contributed by atoms with Gasteiger partial charge < -0.3 is 0 Å². The van der Waals surface area contributed by atoms with E-state index in [2.05, 4.69) is 11.9 Å². The van der Waals surface area contributed by atoms with Crippen molar-refractivity contribution in [3.05, 3.63) is 35.1 Å². The Morgan fingerprint density at radius 3 is 2.64 bits per heavy atom. The number of benzene rings is 1. The summed E-state index contributed by atoms with van der Waals surface area (Å²) in [5.74, 6) is -0.0950. The Bertz CT molecular complexity index is 378. The van der Waals surface area contributed by atoms with Gasteiger partial charge in [-0.1, -0.05) is 19.1 Å². The van der Waals surface area contributed by atoms with E-state index in [9.17, 15) is 4.39 Å². The Morgan fingerprint density at radius 2 is 2.14 bits per heavy atom. The molecular weight excluding hydrogens is 177 g/mol. The van der Waals surface area contributed by atoms with Crippen LogP contribution in [0.3, 0.4) is 0 Å². The van der Waals surface area contributed by atoms with Gasteiger partial charge >= 0.3 is 0 Å². The predicted molar refractivity (Wildman–Crippen MR) is 56.5 cm³/mol. The molecule has 0 aromatic heterocycles. The van der Waals surface area contributed by atoms with Crippen LogP contribution in [0.5, 0.6) is 0 Å². The van der Waals surface area contributed by atoms with Crippen molar-refractivity contribution in [1.29, 1.82) is 0 Å². The first kappa shape index (κ1) is 9.38. The van der Waals surface area contributed by atoms with E-state index in [0.29, 0.717) is 0 Å². The van der Waals surface area contributed by atoms with Gasteiger partial charge in [0.2, 0.25) is 0 Å². The average Bonchev–Trinajstić information content (AvgIpc) is 2.85. The quantitative estimate of drug-likeness (QED) is 0.637. The average molecular weight is 191 g/mol. The molecule has 0 bridgehead atoms. The van der Waals surface area contributed by atoms with Gasteiger partial charge in [0.25, 0.3) is 0 Å². The second kappa shape index (κ2) is 3.19. The second-order valence-corrected chi connectivity index (χ2v) is 4.19. The minimum absolute atomic E-state index is 0.0950. The van der Waals surface area contributed by atoms with Crippen LogP contribution in [0, 0.1) is 5.82 Å². The summed E-state index contributed by atoms with van der Waals surface area (Å²) >= 11 is 0. The number of hydrogen-bond donors (Lipinski definition) is 0. The number of halogens is 1. The van der Waals surface area contributed by atoms with Crippen LogP contribution < -0.4 is 0 Å². The monoisotopic (exact) mass is 191 g/mol. The summed E-state index contributed by atoms with van der Waals surface area (Å²) in [7, 11) is 1.69. The van der Waals surface area contributed by atoms with Crippen LogP contribution in [0.4, 0.5) is 4.39 Å². The van der Waals surface area contributed by atoms with Crippen molar-refractivity contribution < 1.29 is 4.39 Å². The molecule has 1 nitrogen and oxygen atoms in total. The lowest BCUT2D eigenvalue weighted by atomic mass is 9.97. The predicted octanol–water partition coefficient (Wildman–Crippen LogP) is 2.93. The highest BCUT2D eigenvalue weighted by Crippen LogP contribution is 2.48. The fourth-order valence-electron chi connectivity index (χ4n) is 1.71. The van der Waals surface area contributed by atoms with Crippen LogP contribution >= 0.6 is 0 Å². The maximum absolute atomic E-state index is 13.6. The number of aliphatic imine (C=N–C) groups is 1. The molecule has 0 heterocycles. The van der Waals surface area contributed by atoms with E-state index in [0.717, 1.165) is 24.0 Å². The van der Waals surface area contributed by atoms with Crippen LogP contribution in [0.2, 0.25) is 0 Å². The van der Waals surface area contributed by atoms with Gasteiger partial charge in [-0.25, -0.2) is 4.39 Å². The Labute approximate surface area is 83.7 Å². The highest BCUT2D eigenvalue weighted by atomic mass is 19.1. The van der Waals surface area contributed by atoms with Gasteiger partial charge in [-0.15, -0.1) is 0 Å². The molecular formula is C12H14FN. The summed E-state index contributed by atoms with van der Waals surface area (Å²) in [5.41, 5.74) is 1.79. The van der Waals surface area contributed by atoms with Crippen LogP contribution in [-0.4, -0.2) is 13.3 Å². The Kier molecular flexibility index (Phi) is 2.14. The van der Waals surface area contributed by atoms with Crippen LogP contribution in [-0.2, 0) is 5.41 Å². The van der Waals surface area contributed by atoms with Crippen molar-refractivity contribution in [1.82, 2.24) is 0 Å². The molecule has 0 N–H and O–H groups in total. The van der Waals surface area contributed by atoms with Gasteiger partial charge in [-0.3, -0.25) is 4.99 Å². The standard InChI is InChI=1S/C12H14FN/c1-12(5-6-12)10-4-3-9(8-14-2)7-11(10)13/h3-4,7-8H,5-6H2,1-2H3. The molecule has 1 aliphatic rings. The largest absolute Gasteiger partial charge is 0.296 e. The Morgan fingerprint density at radius 1 is 1.43 bits per heavy atom. The van der Waals surface area contributed by atoms with Crippen molar-refractivity contribution in [3.63, 3.8) is 0 Å². The summed E-state index contributed by atoms with van der Waals surface area (Å²) in [6, 6.07) is 5.38. The fraction of sp³-hybridized carbons (Fsp3) is 0.417. The third-order valence-electron chi connectivity index (χ3n) is 2.92. The minimum atomic E-state index is -0.0950. The number of hydrogen-bond acceptors (Lipinski definition) is 1. The molecule has 0 unspecified atom stereocenters. The molecule has 14 heavy (non-hydrogen) atoms. The highest BCUT2D eigenvalue weighted by molar-refractivity contribution is 5.79. The van der Waals surface area contributed by atoms with Crippen LogP contribution in [0.25, 0.3) is 0 Å². The second-order valence-electron chi connectivity index (χ2n) is 4.19. The van der Waals surface area contributed by atoms with E-state index in [1.165, 1.54) is 0 Å². The molecule has 0 atom stereocenters. The molecule has 0 saturated heterocycles. The van der Waals surface area contributed by atoms with Crippen molar-refractivity contribution in [2.24, 2.45) is 4.99 Å². The molecule has 1 saturated carbocycles. The van der Waals surface area contributed by atoms with Crippen molar-refractivity contribution in [2.45, 2.75) is 25.2 Å². The summed E-state index contributed by atoms with van der Waals surface area (Å²) in [4.78, 5) is 3.86. The smallest absolute Gasteiger partial charge is 0.127 e. The zero-order valence-corrected chi connectivity index (χ0v) is 8.55. The molecule has 1 aliphatic carbocycles. The van der Waals surface area contributed by atoms with Gasteiger partial charge in [0.05, 0.1) is 0 Å². The third kappa shape index (κ3) is 1.57. The molecule has 2 heteroatoms. The fourth-order valence-corrected chi connectivity index (χ4v) is 1.71. The molecule has 2 rings (SSSR count). The first-order valence-corrected chi connectivity index (χ1v) is 4.88.